The molecule has 2 unspecified atom stereocenters. The number of aryl methyl sites for hydroxylation is 1. The van der Waals surface area contributed by atoms with Crippen molar-refractivity contribution in [3.8, 4) is 0 Å². The maximum atomic E-state index is 6.04. The van der Waals surface area contributed by atoms with E-state index in [0.717, 1.165) is 19.6 Å². The summed E-state index contributed by atoms with van der Waals surface area (Å²) in [6, 6.07) is 6.87. The lowest BCUT2D eigenvalue weighted by Gasteiger charge is -2.35. The molecule has 1 aliphatic heterocycles. The molecule has 0 aromatic heterocycles. The molecule has 0 spiro atoms. The third-order valence-electron chi connectivity index (χ3n) is 4.23. The second-order valence-electron chi connectivity index (χ2n) is 5.54. The van der Waals surface area contributed by atoms with Gasteiger partial charge in [0.15, 0.2) is 0 Å². The number of likely N-dealkylation sites (N-methyl/N-ethyl adjacent to an activating group) is 1. The van der Waals surface area contributed by atoms with Crippen LogP contribution in [0.3, 0.4) is 0 Å². The van der Waals surface area contributed by atoms with Gasteiger partial charge in [0.25, 0.3) is 0 Å². The van der Waals surface area contributed by atoms with E-state index < -0.39 is 0 Å². The molecule has 2 atom stereocenters. The minimum absolute atomic E-state index is 0.0609. The normalized spacial score (nSPS) is 25.3. The van der Waals surface area contributed by atoms with Crippen molar-refractivity contribution < 1.29 is 4.74 Å². The second-order valence-corrected chi connectivity index (χ2v) is 5.54. The summed E-state index contributed by atoms with van der Waals surface area (Å²) in [5.74, 6) is 0. The lowest BCUT2D eigenvalue weighted by Crippen LogP contribution is -2.41. The van der Waals surface area contributed by atoms with Crippen LogP contribution >= 0.6 is 0 Å². The summed E-state index contributed by atoms with van der Waals surface area (Å²) in [5, 5.41) is 3.62. The molecule has 2 rings (SSSR count). The summed E-state index contributed by atoms with van der Waals surface area (Å²) in [4.78, 5) is 0. The van der Waals surface area contributed by atoms with Crippen molar-refractivity contribution in [3.63, 3.8) is 0 Å². The van der Waals surface area contributed by atoms with Gasteiger partial charge in [0.1, 0.15) is 0 Å². The highest BCUT2D eigenvalue weighted by Gasteiger charge is 2.39. The Hall–Kier alpha value is -0.860. The molecule has 0 radical (unpaired) electrons. The molecule has 2 heteroatoms. The van der Waals surface area contributed by atoms with Gasteiger partial charge >= 0.3 is 0 Å². The topological polar surface area (TPSA) is 21.3 Å². The van der Waals surface area contributed by atoms with Crippen molar-refractivity contribution >= 4 is 0 Å². The molecule has 2 nitrogen and oxygen atoms in total. The number of benzene rings is 1. The molecule has 1 fully saturated rings. The molecule has 0 aliphatic carbocycles. The van der Waals surface area contributed by atoms with Gasteiger partial charge in [-0.1, -0.05) is 25.1 Å². The van der Waals surface area contributed by atoms with Crippen LogP contribution in [0.25, 0.3) is 0 Å². The molecule has 1 saturated heterocycles. The predicted molar refractivity (Wildman–Crippen MR) is 75.9 cm³/mol. The highest BCUT2D eigenvalue weighted by Crippen LogP contribution is 2.38. The number of nitrogens with one attached hydrogen (secondary N) is 1. The number of hydrogen-bond donors (Lipinski definition) is 1. The van der Waals surface area contributed by atoms with E-state index in [4.69, 9.17) is 4.74 Å². The van der Waals surface area contributed by atoms with Gasteiger partial charge in [0.05, 0.1) is 11.6 Å². The van der Waals surface area contributed by atoms with Crippen LogP contribution in [0.2, 0.25) is 0 Å². The number of hydrogen-bond acceptors (Lipinski definition) is 2. The van der Waals surface area contributed by atoms with E-state index in [-0.39, 0.29) is 5.60 Å². The Balaban J connectivity index is 2.38. The summed E-state index contributed by atoms with van der Waals surface area (Å²) in [7, 11) is 0. The number of ether oxygens (including phenoxy) is 1. The maximum Gasteiger partial charge on any atom is 0.0849 e. The summed E-state index contributed by atoms with van der Waals surface area (Å²) in [6.45, 7) is 10.7. The predicted octanol–water partition coefficient (Wildman–Crippen LogP) is 3.52. The molecule has 1 N–H and O–H groups in total. The molecule has 1 heterocycles. The van der Waals surface area contributed by atoms with Crippen LogP contribution in [-0.4, -0.2) is 18.8 Å². The van der Waals surface area contributed by atoms with Gasteiger partial charge in [-0.05, 0) is 56.8 Å². The molecule has 0 saturated carbocycles. The van der Waals surface area contributed by atoms with Gasteiger partial charge in [0.2, 0.25) is 0 Å². The van der Waals surface area contributed by atoms with Crippen molar-refractivity contribution in [2.75, 3.05) is 13.2 Å². The van der Waals surface area contributed by atoms with E-state index in [2.05, 4.69) is 51.2 Å². The van der Waals surface area contributed by atoms with E-state index in [1.54, 1.807) is 0 Å². The fourth-order valence-corrected chi connectivity index (χ4v) is 2.97. The lowest BCUT2D eigenvalue weighted by molar-refractivity contribution is -0.0122. The van der Waals surface area contributed by atoms with Crippen molar-refractivity contribution in [3.05, 3.63) is 34.9 Å². The average molecular weight is 247 g/mol. The van der Waals surface area contributed by atoms with Gasteiger partial charge in [-0.25, -0.2) is 0 Å². The standard InChI is InChI=1S/C16H25NO/c1-5-17-15(16(4)10-7-11-18-16)14-9-6-8-12(2)13(14)3/h6,8-9,15,17H,5,7,10-11H2,1-4H3. The molecule has 0 bridgehead atoms. The Morgan fingerprint density at radius 2 is 2.17 bits per heavy atom. The van der Waals surface area contributed by atoms with Crippen molar-refractivity contribution in [2.45, 2.75) is 52.2 Å². The van der Waals surface area contributed by atoms with Crippen LogP contribution in [0, 0.1) is 13.8 Å². The zero-order chi connectivity index (χ0) is 13.2. The molecule has 1 aromatic carbocycles. The molecular weight excluding hydrogens is 222 g/mol. The first-order chi connectivity index (χ1) is 8.58. The third kappa shape index (κ3) is 2.45. The van der Waals surface area contributed by atoms with Gasteiger partial charge in [-0.3, -0.25) is 0 Å². The van der Waals surface area contributed by atoms with Crippen molar-refractivity contribution in [2.24, 2.45) is 0 Å². The summed E-state index contributed by atoms with van der Waals surface area (Å²) >= 11 is 0. The monoisotopic (exact) mass is 247 g/mol. The van der Waals surface area contributed by atoms with Crippen LogP contribution in [0.4, 0.5) is 0 Å². The molecule has 100 valence electrons. The number of rotatable bonds is 4. The Kier molecular flexibility index (Phi) is 4.08. The van der Waals surface area contributed by atoms with Crippen LogP contribution in [0.15, 0.2) is 18.2 Å². The Morgan fingerprint density at radius 1 is 1.39 bits per heavy atom. The zero-order valence-corrected chi connectivity index (χ0v) is 12.0. The van der Waals surface area contributed by atoms with E-state index >= 15 is 0 Å². The Bertz CT molecular complexity index is 408. The Labute approximate surface area is 111 Å². The van der Waals surface area contributed by atoms with Crippen LogP contribution < -0.4 is 5.32 Å². The second kappa shape index (κ2) is 5.41. The smallest absolute Gasteiger partial charge is 0.0849 e. The summed E-state index contributed by atoms with van der Waals surface area (Å²) in [5.41, 5.74) is 4.08. The Morgan fingerprint density at radius 3 is 2.78 bits per heavy atom. The molecule has 0 amide bonds. The minimum Gasteiger partial charge on any atom is -0.373 e. The fraction of sp³-hybridized carbons (Fsp3) is 0.625. The van der Waals surface area contributed by atoms with Crippen LogP contribution in [0.5, 0.6) is 0 Å². The third-order valence-corrected chi connectivity index (χ3v) is 4.23. The first-order valence-electron chi connectivity index (χ1n) is 7.02. The largest absolute Gasteiger partial charge is 0.373 e. The summed E-state index contributed by atoms with van der Waals surface area (Å²) < 4.78 is 6.04. The minimum atomic E-state index is -0.0609. The average Bonchev–Trinajstić information content (AvgIpc) is 2.78. The van der Waals surface area contributed by atoms with Crippen LogP contribution in [-0.2, 0) is 4.74 Å². The van der Waals surface area contributed by atoms with Gasteiger partial charge < -0.3 is 10.1 Å². The molecular formula is C16H25NO. The van der Waals surface area contributed by atoms with E-state index in [9.17, 15) is 0 Å². The quantitative estimate of drug-likeness (QED) is 0.879. The van der Waals surface area contributed by atoms with Crippen molar-refractivity contribution in [1.29, 1.82) is 0 Å². The van der Waals surface area contributed by atoms with Gasteiger partial charge in [-0.2, -0.15) is 0 Å². The highest BCUT2D eigenvalue weighted by atomic mass is 16.5. The first kappa shape index (κ1) is 13.6. The lowest BCUT2D eigenvalue weighted by atomic mass is 9.84. The molecule has 1 aliphatic rings. The van der Waals surface area contributed by atoms with Crippen molar-refractivity contribution in [1.82, 2.24) is 5.32 Å². The van der Waals surface area contributed by atoms with E-state index in [1.165, 1.54) is 23.1 Å². The van der Waals surface area contributed by atoms with E-state index in [1.807, 2.05) is 0 Å². The maximum absolute atomic E-state index is 6.04. The van der Waals surface area contributed by atoms with Crippen LogP contribution in [0.1, 0.15) is 49.4 Å². The molecule has 1 aromatic rings. The zero-order valence-electron chi connectivity index (χ0n) is 12.0. The fourth-order valence-electron chi connectivity index (χ4n) is 2.97. The highest BCUT2D eigenvalue weighted by molar-refractivity contribution is 5.37. The first-order valence-corrected chi connectivity index (χ1v) is 7.02. The SMILES string of the molecule is CCNC(c1cccc(C)c1C)C1(C)CCCO1. The summed E-state index contributed by atoms with van der Waals surface area (Å²) in [6.07, 6.45) is 2.31. The van der Waals surface area contributed by atoms with Gasteiger partial charge in [0, 0.05) is 6.61 Å². The molecule has 18 heavy (non-hydrogen) atoms. The van der Waals surface area contributed by atoms with E-state index in [0.29, 0.717) is 6.04 Å². The van der Waals surface area contributed by atoms with Gasteiger partial charge in [-0.15, -0.1) is 0 Å².